The highest BCUT2D eigenvalue weighted by Gasteiger charge is 2.27. The molecule has 0 radical (unpaired) electrons. The van der Waals surface area contributed by atoms with Crippen molar-refractivity contribution in [1.82, 2.24) is 5.32 Å². The van der Waals surface area contributed by atoms with Crippen molar-refractivity contribution in [1.29, 1.82) is 0 Å². The number of hydrogen-bond donors (Lipinski definition) is 1. The van der Waals surface area contributed by atoms with Gasteiger partial charge in [0.1, 0.15) is 0 Å². The summed E-state index contributed by atoms with van der Waals surface area (Å²) in [4.78, 5) is 0.398. The Balaban J connectivity index is 3.10. The molecular weight excluding hydrogens is 258 g/mol. The molecule has 0 saturated carbocycles. The molecule has 3 nitrogen and oxygen atoms in total. The van der Waals surface area contributed by atoms with Gasteiger partial charge in [0.15, 0.2) is 9.84 Å². The molecule has 108 valence electrons. The van der Waals surface area contributed by atoms with Gasteiger partial charge in [-0.05, 0) is 44.0 Å². The molecule has 0 bridgehead atoms. The average molecular weight is 283 g/mol. The van der Waals surface area contributed by atoms with Crippen LogP contribution in [0.5, 0.6) is 0 Å². The minimum Gasteiger partial charge on any atom is -0.316 e. The van der Waals surface area contributed by atoms with Crippen LogP contribution < -0.4 is 5.32 Å². The van der Waals surface area contributed by atoms with E-state index in [0.29, 0.717) is 4.90 Å². The van der Waals surface area contributed by atoms with Gasteiger partial charge >= 0.3 is 0 Å². The Labute approximate surface area is 117 Å². The van der Waals surface area contributed by atoms with Crippen molar-refractivity contribution < 1.29 is 8.42 Å². The van der Waals surface area contributed by atoms with Crippen molar-refractivity contribution in [3.05, 3.63) is 29.8 Å². The molecule has 0 saturated heterocycles. The zero-order valence-electron chi connectivity index (χ0n) is 12.7. The third-order valence-corrected chi connectivity index (χ3v) is 6.01. The maximum absolute atomic E-state index is 12.5. The first kappa shape index (κ1) is 16.2. The van der Waals surface area contributed by atoms with Gasteiger partial charge in [-0.3, -0.25) is 0 Å². The van der Waals surface area contributed by atoms with Crippen molar-refractivity contribution in [2.75, 3.05) is 7.05 Å². The normalized spacial score (nSPS) is 16.1. The van der Waals surface area contributed by atoms with Gasteiger partial charge in [-0.15, -0.1) is 0 Å². The van der Waals surface area contributed by atoms with Crippen molar-refractivity contribution >= 4 is 9.84 Å². The van der Waals surface area contributed by atoms with Crippen LogP contribution in [0.3, 0.4) is 0 Å². The third-order valence-electron chi connectivity index (χ3n) is 3.70. The van der Waals surface area contributed by atoms with Crippen LogP contribution in [0, 0.1) is 0 Å². The lowest BCUT2D eigenvalue weighted by atomic mass is 9.87. The Morgan fingerprint density at radius 1 is 1.05 bits per heavy atom. The summed E-state index contributed by atoms with van der Waals surface area (Å²) in [6.45, 7) is 9.96. The maximum atomic E-state index is 12.5. The van der Waals surface area contributed by atoms with E-state index in [1.807, 2.05) is 19.1 Å². The van der Waals surface area contributed by atoms with Crippen LogP contribution in [0.25, 0.3) is 0 Å². The summed E-state index contributed by atoms with van der Waals surface area (Å²) in [5.74, 6) is 0. The third kappa shape index (κ3) is 3.57. The molecule has 0 fully saturated rings. The van der Waals surface area contributed by atoms with Gasteiger partial charge in [0, 0.05) is 6.04 Å². The minimum absolute atomic E-state index is 0.0339. The fraction of sp³-hybridized carbons (Fsp3) is 0.600. The first-order valence-electron chi connectivity index (χ1n) is 6.62. The lowest BCUT2D eigenvalue weighted by Gasteiger charge is -2.22. The molecule has 0 aliphatic heterocycles. The van der Waals surface area contributed by atoms with Crippen LogP contribution in [0.1, 0.15) is 40.2 Å². The summed E-state index contributed by atoms with van der Waals surface area (Å²) in [6, 6.07) is 7.17. The zero-order chi connectivity index (χ0) is 14.8. The van der Waals surface area contributed by atoms with E-state index in [1.54, 1.807) is 26.1 Å². The molecule has 1 aromatic rings. The first-order valence-corrected chi connectivity index (χ1v) is 8.17. The van der Waals surface area contributed by atoms with Gasteiger partial charge in [0.05, 0.1) is 10.1 Å². The summed E-state index contributed by atoms with van der Waals surface area (Å²) in [6.07, 6.45) is 0. The lowest BCUT2D eigenvalue weighted by Crippen LogP contribution is -2.38. The molecule has 1 rings (SSSR count). The smallest absolute Gasteiger partial charge is 0.182 e. The second-order valence-corrected chi connectivity index (χ2v) is 8.41. The van der Waals surface area contributed by atoms with Crippen LogP contribution in [0.4, 0.5) is 0 Å². The lowest BCUT2D eigenvalue weighted by molar-refractivity contribution is 0.539. The SMILES string of the molecule is CNC(C)C(C)S(=O)(=O)c1ccc(C(C)(C)C)cc1. The van der Waals surface area contributed by atoms with Crippen LogP contribution in [-0.4, -0.2) is 26.8 Å². The second-order valence-electron chi connectivity index (χ2n) is 6.10. The van der Waals surface area contributed by atoms with E-state index < -0.39 is 15.1 Å². The molecule has 0 amide bonds. The predicted molar refractivity (Wildman–Crippen MR) is 80.3 cm³/mol. The van der Waals surface area contributed by atoms with Crippen molar-refractivity contribution in [3.63, 3.8) is 0 Å². The molecule has 0 aromatic heterocycles. The van der Waals surface area contributed by atoms with Gasteiger partial charge < -0.3 is 5.32 Å². The number of benzene rings is 1. The number of nitrogens with one attached hydrogen (secondary N) is 1. The molecule has 0 spiro atoms. The summed E-state index contributed by atoms with van der Waals surface area (Å²) < 4.78 is 24.9. The molecule has 1 aromatic carbocycles. The topological polar surface area (TPSA) is 46.2 Å². The Kier molecular flexibility index (Phi) is 4.80. The number of rotatable bonds is 4. The summed E-state index contributed by atoms with van der Waals surface area (Å²) >= 11 is 0. The highest BCUT2D eigenvalue weighted by atomic mass is 32.2. The largest absolute Gasteiger partial charge is 0.316 e. The van der Waals surface area contributed by atoms with Gasteiger partial charge in [0.2, 0.25) is 0 Å². The standard InChI is InChI=1S/C15H25NO2S/c1-11(16-6)12(2)19(17,18)14-9-7-13(8-10-14)15(3,4)5/h7-12,16H,1-6H3. The van der Waals surface area contributed by atoms with E-state index in [-0.39, 0.29) is 11.5 Å². The molecular formula is C15H25NO2S. The van der Waals surface area contributed by atoms with E-state index in [9.17, 15) is 8.42 Å². The van der Waals surface area contributed by atoms with Crippen LogP contribution in [-0.2, 0) is 15.3 Å². The average Bonchev–Trinajstić information content (AvgIpc) is 2.36. The van der Waals surface area contributed by atoms with E-state index in [0.717, 1.165) is 5.56 Å². The summed E-state index contributed by atoms with van der Waals surface area (Å²) in [5.41, 5.74) is 1.17. The predicted octanol–water partition coefficient (Wildman–Crippen LogP) is 2.75. The van der Waals surface area contributed by atoms with E-state index in [4.69, 9.17) is 0 Å². The van der Waals surface area contributed by atoms with E-state index >= 15 is 0 Å². The van der Waals surface area contributed by atoms with Crippen molar-refractivity contribution in [2.24, 2.45) is 0 Å². The second kappa shape index (κ2) is 5.63. The van der Waals surface area contributed by atoms with Gasteiger partial charge in [-0.2, -0.15) is 0 Å². The molecule has 19 heavy (non-hydrogen) atoms. The van der Waals surface area contributed by atoms with E-state index in [2.05, 4.69) is 26.1 Å². The van der Waals surface area contributed by atoms with Crippen molar-refractivity contribution in [3.8, 4) is 0 Å². The van der Waals surface area contributed by atoms with Crippen LogP contribution in [0.2, 0.25) is 0 Å². The van der Waals surface area contributed by atoms with Gasteiger partial charge in [-0.25, -0.2) is 8.42 Å². The quantitative estimate of drug-likeness (QED) is 0.924. The van der Waals surface area contributed by atoms with E-state index in [1.165, 1.54) is 0 Å². The van der Waals surface area contributed by atoms with Crippen molar-refractivity contribution in [2.45, 2.75) is 56.2 Å². The molecule has 2 unspecified atom stereocenters. The first-order chi connectivity index (χ1) is 8.60. The monoisotopic (exact) mass is 283 g/mol. The highest BCUT2D eigenvalue weighted by Crippen LogP contribution is 2.25. The van der Waals surface area contributed by atoms with Crippen LogP contribution >= 0.6 is 0 Å². The molecule has 0 aliphatic carbocycles. The van der Waals surface area contributed by atoms with Gasteiger partial charge in [0.25, 0.3) is 0 Å². The molecule has 2 atom stereocenters. The fourth-order valence-corrected chi connectivity index (χ4v) is 3.48. The fourth-order valence-electron chi connectivity index (χ4n) is 1.86. The molecule has 4 heteroatoms. The summed E-state index contributed by atoms with van der Waals surface area (Å²) in [5, 5.41) is 2.55. The maximum Gasteiger partial charge on any atom is 0.182 e. The highest BCUT2D eigenvalue weighted by molar-refractivity contribution is 7.92. The molecule has 0 heterocycles. The Hall–Kier alpha value is -0.870. The Morgan fingerprint density at radius 3 is 1.89 bits per heavy atom. The number of sulfone groups is 1. The molecule has 1 N–H and O–H groups in total. The minimum atomic E-state index is -3.28. The zero-order valence-corrected chi connectivity index (χ0v) is 13.5. The molecule has 0 aliphatic rings. The van der Waals surface area contributed by atoms with Crippen LogP contribution in [0.15, 0.2) is 29.2 Å². The summed E-state index contributed by atoms with van der Waals surface area (Å²) in [7, 11) is -1.50. The Morgan fingerprint density at radius 2 is 1.53 bits per heavy atom. The Bertz CT molecular complexity index is 512. The van der Waals surface area contributed by atoms with Gasteiger partial charge in [-0.1, -0.05) is 32.9 Å². The number of hydrogen-bond acceptors (Lipinski definition) is 3.